The fourth-order valence-electron chi connectivity index (χ4n) is 3.22. The number of benzene rings is 3. The van der Waals surface area contributed by atoms with Crippen LogP contribution in [-0.4, -0.2) is 94.3 Å². The minimum atomic E-state index is -1.06. The van der Waals surface area contributed by atoms with Crippen LogP contribution in [0.25, 0.3) is 0 Å². The Morgan fingerprint density at radius 1 is 0.829 bits per heavy atom. The van der Waals surface area contributed by atoms with E-state index in [1.54, 1.807) is 48.5 Å². The molecule has 0 aliphatic carbocycles. The van der Waals surface area contributed by atoms with Gasteiger partial charge in [-0.05, 0) is 49.2 Å². The molecule has 35 heavy (non-hydrogen) atoms. The van der Waals surface area contributed by atoms with Crippen LogP contribution < -0.4 is 14.2 Å². The van der Waals surface area contributed by atoms with Gasteiger partial charge in [-0.25, -0.2) is 4.79 Å². The van der Waals surface area contributed by atoms with Gasteiger partial charge in [-0.3, -0.25) is 4.79 Å². The topological polar surface area (TPSA) is 102 Å². The number of aromatic carboxylic acids is 1. The third kappa shape index (κ3) is 8.86. The van der Waals surface area contributed by atoms with Crippen LogP contribution in [0, 0.1) is 0 Å². The third-order valence-corrected chi connectivity index (χ3v) is 4.90. The van der Waals surface area contributed by atoms with Crippen LogP contribution >= 0.6 is 0 Å². The fraction of sp³-hybridized carbons (Fsp3) is 0.231. The predicted octanol–water partition coefficient (Wildman–Crippen LogP) is 4.20. The summed E-state index contributed by atoms with van der Waals surface area (Å²) in [6.07, 6.45) is 1.26. The van der Waals surface area contributed by atoms with Gasteiger partial charge in [0.1, 0.15) is 34.3 Å². The van der Waals surface area contributed by atoms with E-state index in [1.165, 1.54) is 19.1 Å². The SMILES string of the molecule is CCc1cc(C(C)=O)c(O)cc1OCCCOc1cccc(Oc2ccccc2C(=O)O)c1.[NaH].[NaH]. The number of ketones is 1. The van der Waals surface area contributed by atoms with Crippen molar-refractivity contribution in [2.75, 3.05) is 13.2 Å². The fourth-order valence-corrected chi connectivity index (χ4v) is 3.22. The molecule has 0 aromatic heterocycles. The molecular formula is C26H28Na2O7. The van der Waals surface area contributed by atoms with Crippen LogP contribution in [0.15, 0.2) is 60.7 Å². The molecule has 0 spiro atoms. The molecule has 3 aromatic carbocycles. The quantitative estimate of drug-likeness (QED) is 0.232. The van der Waals surface area contributed by atoms with Gasteiger partial charge in [-0.1, -0.05) is 25.1 Å². The molecule has 176 valence electrons. The van der Waals surface area contributed by atoms with Gasteiger partial charge in [0.15, 0.2) is 5.78 Å². The number of ether oxygens (including phenoxy) is 3. The molecule has 3 rings (SSSR count). The van der Waals surface area contributed by atoms with Gasteiger partial charge in [-0.2, -0.15) is 0 Å². The number of carboxylic acids is 1. The molecule has 0 atom stereocenters. The first kappa shape index (κ1) is 31.0. The normalized spacial score (nSPS) is 9.89. The third-order valence-electron chi connectivity index (χ3n) is 4.90. The summed E-state index contributed by atoms with van der Waals surface area (Å²) < 4.78 is 17.3. The number of phenolic OH excluding ortho intramolecular Hbond substituents is 1. The molecule has 0 heterocycles. The van der Waals surface area contributed by atoms with Gasteiger partial charge in [0.25, 0.3) is 0 Å². The Labute approximate surface area is 249 Å². The summed E-state index contributed by atoms with van der Waals surface area (Å²) in [4.78, 5) is 22.9. The van der Waals surface area contributed by atoms with Gasteiger partial charge in [-0.15, -0.1) is 0 Å². The second kappa shape index (κ2) is 15.2. The second-order valence-electron chi connectivity index (χ2n) is 7.32. The second-order valence-corrected chi connectivity index (χ2v) is 7.32. The molecule has 0 bridgehead atoms. The molecule has 0 aliphatic heterocycles. The average molecular weight is 498 g/mol. The molecule has 3 aromatic rings. The number of carbonyl (C=O) groups excluding carboxylic acids is 1. The molecular weight excluding hydrogens is 470 g/mol. The average Bonchev–Trinajstić information content (AvgIpc) is 2.79. The van der Waals surface area contributed by atoms with E-state index >= 15 is 0 Å². The van der Waals surface area contributed by atoms with E-state index in [9.17, 15) is 19.8 Å². The van der Waals surface area contributed by atoms with Gasteiger partial charge in [0.05, 0.1) is 18.8 Å². The molecule has 0 aliphatic rings. The molecule has 0 amide bonds. The van der Waals surface area contributed by atoms with Crippen LogP contribution in [0.5, 0.6) is 28.7 Å². The number of phenols is 1. The summed E-state index contributed by atoms with van der Waals surface area (Å²) in [7, 11) is 0. The first-order chi connectivity index (χ1) is 15.9. The number of hydrogen-bond donors (Lipinski definition) is 2. The van der Waals surface area contributed by atoms with E-state index < -0.39 is 5.97 Å². The summed E-state index contributed by atoms with van der Waals surface area (Å²) in [5, 5.41) is 19.3. The minimum absolute atomic E-state index is 0. The van der Waals surface area contributed by atoms with E-state index in [4.69, 9.17) is 14.2 Å². The van der Waals surface area contributed by atoms with Crippen LogP contribution in [-0.2, 0) is 6.42 Å². The van der Waals surface area contributed by atoms with Crippen LogP contribution in [0.2, 0.25) is 0 Å². The first-order valence-corrected chi connectivity index (χ1v) is 10.6. The van der Waals surface area contributed by atoms with Gasteiger partial charge >= 0.3 is 65.1 Å². The molecule has 0 saturated carbocycles. The van der Waals surface area contributed by atoms with E-state index in [1.807, 2.05) is 6.92 Å². The molecule has 2 N–H and O–H groups in total. The number of carboxylic acid groups (broad SMARTS) is 1. The Hall–Kier alpha value is -2.00. The maximum atomic E-state index is 11.6. The van der Waals surface area contributed by atoms with Crippen LogP contribution in [0.1, 0.15) is 46.5 Å². The molecule has 7 nitrogen and oxygen atoms in total. The summed E-state index contributed by atoms with van der Waals surface area (Å²) in [5.74, 6) is 0.499. The van der Waals surface area contributed by atoms with Crippen molar-refractivity contribution >= 4 is 70.9 Å². The van der Waals surface area contributed by atoms with Gasteiger partial charge in [0.2, 0.25) is 0 Å². The van der Waals surface area contributed by atoms with Crippen molar-refractivity contribution < 1.29 is 34.0 Å². The summed E-state index contributed by atoms with van der Waals surface area (Å²) in [5.41, 5.74) is 1.22. The van der Waals surface area contributed by atoms with Crippen molar-refractivity contribution in [1.29, 1.82) is 0 Å². The van der Waals surface area contributed by atoms with Crippen molar-refractivity contribution in [1.82, 2.24) is 0 Å². The Morgan fingerprint density at radius 3 is 2.20 bits per heavy atom. The number of carbonyl (C=O) groups is 2. The predicted molar refractivity (Wildman–Crippen MR) is 137 cm³/mol. The van der Waals surface area contributed by atoms with Crippen molar-refractivity contribution in [3.05, 3.63) is 77.4 Å². The van der Waals surface area contributed by atoms with Crippen molar-refractivity contribution in [3.8, 4) is 28.7 Å². The number of para-hydroxylation sites is 1. The van der Waals surface area contributed by atoms with Crippen LogP contribution in [0.3, 0.4) is 0 Å². The summed E-state index contributed by atoms with van der Waals surface area (Å²) >= 11 is 0. The van der Waals surface area contributed by atoms with Crippen LogP contribution in [0.4, 0.5) is 0 Å². The molecule has 0 saturated heterocycles. The number of aryl methyl sites for hydroxylation is 1. The number of hydrogen-bond acceptors (Lipinski definition) is 6. The zero-order valence-corrected chi connectivity index (χ0v) is 18.5. The van der Waals surface area contributed by atoms with E-state index in [0.29, 0.717) is 43.3 Å². The molecule has 0 unspecified atom stereocenters. The monoisotopic (exact) mass is 498 g/mol. The zero-order chi connectivity index (χ0) is 23.8. The van der Waals surface area contributed by atoms with Crippen molar-refractivity contribution in [2.24, 2.45) is 0 Å². The Morgan fingerprint density at radius 2 is 1.51 bits per heavy atom. The standard InChI is InChI=1S/C26H26O7.2Na.2H/c1-3-18-14-22(17(2)27)23(28)16-25(18)32-13-7-12-31-19-8-6-9-20(15-19)33-24-11-5-4-10-21(24)26(29)30;;;;/h4-6,8-11,14-16,28H,3,7,12-13H2,1-2H3,(H,29,30);;;;. The Balaban J connectivity index is 0.00000306. The van der Waals surface area contributed by atoms with E-state index in [2.05, 4.69) is 0 Å². The Bertz CT molecular complexity index is 1150. The zero-order valence-electron chi connectivity index (χ0n) is 18.5. The molecule has 9 heteroatoms. The summed E-state index contributed by atoms with van der Waals surface area (Å²) in [6, 6.07) is 16.5. The molecule has 0 fully saturated rings. The maximum absolute atomic E-state index is 11.6. The van der Waals surface area contributed by atoms with E-state index in [0.717, 1.165) is 5.56 Å². The van der Waals surface area contributed by atoms with Crippen molar-refractivity contribution in [2.45, 2.75) is 26.7 Å². The number of Topliss-reactive ketones (excluding diaryl/α,β-unsaturated/α-hetero) is 1. The number of rotatable bonds is 11. The number of aromatic hydroxyl groups is 1. The molecule has 0 radical (unpaired) electrons. The summed E-state index contributed by atoms with van der Waals surface area (Å²) in [6.45, 7) is 4.12. The van der Waals surface area contributed by atoms with Gasteiger partial charge in [0, 0.05) is 18.6 Å². The Kier molecular flexibility index (Phi) is 13.5. The van der Waals surface area contributed by atoms with Crippen molar-refractivity contribution in [3.63, 3.8) is 0 Å². The first-order valence-electron chi connectivity index (χ1n) is 10.6. The van der Waals surface area contributed by atoms with Gasteiger partial charge < -0.3 is 24.4 Å². The van der Waals surface area contributed by atoms with E-state index in [-0.39, 0.29) is 87.5 Å².